The lowest BCUT2D eigenvalue weighted by molar-refractivity contribution is -0.129. The third kappa shape index (κ3) is 3.65. The number of rotatable bonds is 4. The van der Waals surface area contributed by atoms with E-state index in [0.29, 0.717) is 5.56 Å². The van der Waals surface area contributed by atoms with Crippen molar-refractivity contribution < 1.29 is 23.0 Å². The summed E-state index contributed by atoms with van der Waals surface area (Å²) in [7, 11) is 0. The molecule has 122 valence electrons. The Bertz CT molecular complexity index is 826. The first-order chi connectivity index (χ1) is 11.5. The van der Waals surface area contributed by atoms with Gasteiger partial charge in [-0.1, -0.05) is 29.8 Å². The highest BCUT2D eigenvalue weighted by Gasteiger charge is 2.24. The Labute approximate surface area is 137 Å². The molecule has 1 aliphatic heterocycles. The second-order valence-electron chi connectivity index (χ2n) is 5.15. The molecule has 0 saturated heterocycles. The fraction of sp³-hybridized carbons (Fsp3) is 0.111. The summed E-state index contributed by atoms with van der Waals surface area (Å²) in [5, 5.41) is 0. The largest absolute Gasteiger partial charge is 0.435 e. The van der Waals surface area contributed by atoms with E-state index in [1.165, 1.54) is 24.3 Å². The number of carbonyl (C=O) groups excluding carboxylic acids is 1. The van der Waals surface area contributed by atoms with Gasteiger partial charge in [0.1, 0.15) is 5.75 Å². The number of ether oxygens (including phenoxy) is 2. The molecule has 0 aliphatic carbocycles. The minimum atomic E-state index is -2.89. The van der Waals surface area contributed by atoms with Crippen molar-refractivity contribution in [3.63, 3.8) is 0 Å². The van der Waals surface area contributed by atoms with Gasteiger partial charge >= 0.3 is 12.6 Å². The molecule has 0 atom stereocenters. The van der Waals surface area contributed by atoms with Crippen molar-refractivity contribution in [3.05, 3.63) is 70.9 Å². The number of aliphatic imine (C=N–C) groups is 1. The molecule has 0 N–H and O–H groups in total. The van der Waals surface area contributed by atoms with E-state index in [0.717, 1.165) is 11.1 Å². The van der Waals surface area contributed by atoms with E-state index in [2.05, 4.69) is 9.73 Å². The van der Waals surface area contributed by atoms with Crippen LogP contribution in [0.25, 0.3) is 6.08 Å². The van der Waals surface area contributed by atoms with Crippen LogP contribution in [0.3, 0.4) is 0 Å². The van der Waals surface area contributed by atoms with Crippen molar-refractivity contribution in [2.75, 3.05) is 0 Å². The number of esters is 1. The van der Waals surface area contributed by atoms with Crippen molar-refractivity contribution >= 4 is 17.9 Å². The van der Waals surface area contributed by atoms with Crippen LogP contribution in [0.15, 0.2) is 59.2 Å². The number of cyclic esters (lactones) is 1. The van der Waals surface area contributed by atoms with E-state index in [1.807, 2.05) is 31.2 Å². The highest BCUT2D eigenvalue weighted by atomic mass is 19.3. The number of hydrogen-bond acceptors (Lipinski definition) is 4. The molecule has 0 radical (unpaired) electrons. The van der Waals surface area contributed by atoms with Crippen molar-refractivity contribution in [1.82, 2.24) is 0 Å². The van der Waals surface area contributed by atoms with Crippen molar-refractivity contribution in [1.29, 1.82) is 0 Å². The van der Waals surface area contributed by atoms with E-state index in [-0.39, 0.29) is 17.3 Å². The van der Waals surface area contributed by atoms with E-state index in [9.17, 15) is 13.6 Å². The molecule has 3 rings (SSSR count). The molecule has 0 saturated carbocycles. The Hall–Kier alpha value is -3.02. The average Bonchev–Trinajstić information content (AvgIpc) is 2.88. The summed E-state index contributed by atoms with van der Waals surface area (Å²) >= 11 is 0. The molecular formula is C18H13F2NO3. The molecule has 0 unspecified atom stereocenters. The number of benzene rings is 2. The zero-order valence-corrected chi connectivity index (χ0v) is 12.7. The molecule has 6 heteroatoms. The Morgan fingerprint density at radius 3 is 2.58 bits per heavy atom. The van der Waals surface area contributed by atoms with Gasteiger partial charge in [0, 0.05) is 5.56 Å². The summed E-state index contributed by atoms with van der Waals surface area (Å²) in [4.78, 5) is 16.1. The van der Waals surface area contributed by atoms with E-state index in [1.54, 1.807) is 6.08 Å². The second kappa shape index (κ2) is 6.62. The number of aryl methyl sites for hydroxylation is 1. The zero-order chi connectivity index (χ0) is 17.1. The first kappa shape index (κ1) is 15.9. The normalized spacial score (nSPS) is 15.6. The molecule has 2 aromatic carbocycles. The van der Waals surface area contributed by atoms with Gasteiger partial charge in [0.2, 0.25) is 5.90 Å². The molecule has 0 spiro atoms. The van der Waals surface area contributed by atoms with Gasteiger partial charge < -0.3 is 9.47 Å². The van der Waals surface area contributed by atoms with Crippen LogP contribution in [0.2, 0.25) is 0 Å². The monoisotopic (exact) mass is 329 g/mol. The quantitative estimate of drug-likeness (QED) is 0.630. The molecular weight excluding hydrogens is 316 g/mol. The minimum absolute atomic E-state index is 0.0224. The summed E-state index contributed by atoms with van der Waals surface area (Å²) in [6.07, 6.45) is 1.64. The van der Waals surface area contributed by atoms with Gasteiger partial charge in [0.25, 0.3) is 0 Å². The predicted octanol–water partition coefficient (Wildman–Crippen LogP) is 3.94. The van der Waals surface area contributed by atoms with Gasteiger partial charge in [0.05, 0.1) is 0 Å². The highest BCUT2D eigenvalue weighted by Crippen LogP contribution is 2.21. The standard InChI is InChI=1S/C18H13F2NO3/c1-11-3-2-4-12(9-11)10-15-17(22)24-16(21-15)13-5-7-14(8-6-13)23-18(19)20/h2-10,18H,1H3/b15-10-. The highest BCUT2D eigenvalue weighted by molar-refractivity contribution is 6.12. The maximum atomic E-state index is 12.1. The topological polar surface area (TPSA) is 47.9 Å². The summed E-state index contributed by atoms with van der Waals surface area (Å²) in [6.45, 7) is -0.937. The van der Waals surface area contributed by atoms with E-state index in [4.69, 9.17) is 4.74 Å². The Balaban J connectivity index is 1.83. The van der Waals surface area contributed by atoms with Crippen LogP contribution in [0, 0.1) is 6.92 Å². The zero-order valence-electron chi connectivity index (χ0n) is 12.7. The third-order valence-corrected chi connectivity index (χ3v) is 3.29. The smallest absolute Gasteiger partial charge is 0.387 e. The van der Waals surface area contributed by atoms with Crippen molar-refractivity contribution in [3.8, 4) is 5.75 Å². The van der Waals surface area contributed by atoms with Gasteiger partial charge in [-0.25, -0.2) is 9.79 Å². The first-order valence-electron chi connectivity index (χ1n) is 7.16. The summed E-state index contributed by atoms with van der Waals surface area (Å²) < 4.78 is 33.7. The molecule has 4 nitrogen and oxygen atoms in total. The van der Waals surface area contributed by atoms with E-state index < -0.39 is 12.6 Å². The predicted molar refractivity (Wildman–Crippen MR) is 84.9 cm³/mol. The lowest BCUT2D eigenvalue weighted by Gasteiger charge is -2.04. The molecule has 0 bridgehead atoms. The van der Waals surface area contributed by atoms with Gasteiger partial charge in [0.15, 0.2) is 5.70 Å². The summed E-state index contributed by atoms with van der Waals surface area (Å²) in [6, 6.07) is 13.3. The molecule has 0 amide bonds. The Morgan fingerprint density at radius 1 is 1.17 bits per heavy atom. The Kier molecular flexibility index (Phi) is 4.37. The average molecular weight is 329 g/mol. The van der Waals surface area contributed by atoms with Gasteiger partial charge in [-0.2, -0.15) is 8.78 Å². The number of alkyl halides is 2. The van der Waals surface area contributed by atoms with Crippen LogP contribution in [-0.2, 0) is 9.53 Å². The molecule has 0 aromatic heterocycles. The Morgan fingerprint density at radius 2 is 1.92 bits per heavy atom. The van der Waals surface area contributed by atoms with Crippen LogP contribution in [0.1, 0.15) is 16.7 Å². The maximum absolute atomic E-state index is 12.1. The van der Waals surface area contributed by atoms with Gasteiger partial charge in [-0.3, -0.25) is 0 Å². The lowest BCUT2D eigenvalue weighted by atomic mass is 10.1. The van der Waals surface area contributed by atoms with Crippen LogP contribution >= 0.6 is 0 Å². The van der Waals surface area contributed by atoms with Gasteiger partial charge in [-0.15, -0.1) is 0 Å². The summed E-state index contributed by atoms with van der Waals surface area (Å²) in [5.41, 5.74) is 2.59. The molecule has 1 heterocycles. The minimum Gasteiger partial charge on any atom is -0.435 e. The number of halogens is 2. The van der Waals surface area contributed by atoms with E-state index >= 15 is 0 Å². The first-order valence-corrected chi connectivity index (χ1v) is 7.16. The SMILES string of the molecule is Cc1cccc(/C=C2\N=C(c3ccc(OC(F)F)cc3)OC2=O)c1. The fourth-order valence-electron chi connectivity index (χ4n) is 2.23. The maximum Gasteiger partial charge on any atom is 0.387 e. The van der Waals surface area contributed by atoms with Crippen LogP contribution in [0.4, 0.5) is 8.78 Å². The molecule has 1 aliphatic rings. The fourth-order valence-corrected chi connectivity index (χ4v) is 2.23. The number of hydrogen-bond donors (Lipinski definition) is 0. The second-order valence-corrected chi connectivity index (χ2v) is 5.15. The van der Waals surface area contributed by atoms with Crippen LogP contribution in [0.5, 0.6) is 5.75 Å². The van der Waals surface area contributed by atoms with Crippen LogP contribution < -0.4 is 4.74 Å². The van der Waals surface area contributed by atoms with Crippen LogP contribution in [-0.4, -0.2) is 18.5 Å². The molecule has 2 aromatic rings. The lowest BCUT2D eigenvalue weighted by Crippen LogP contribution is -2.06. The molecule has 0 fully saturated rings. The number of carbonyl (C=O) groups is 1. The van der Waals surface area contributed by atoms with Crippen molar-refractivity contribution in [2.45, 2.75) is 13.5 Å². The summed E-state index contributed by atoms with van der Waals surface area (Å²) in [5.74, 6) is -0.406. The van der Waals surface area contributed by atoms with Gasteiger partial charge in [-0.05, 0) is 42.8 Å². The number of nitrogens with zero attached hydrogens (tertiary/aromatic N) is 1. The third-order valence-electron chi connectivity index (χ3n) is 3.29. The molecule has 24 heavy (non-hydrogen) atoms. The van der Waals surface area contributed by atoms with Crippen molar-refractivity contribution in [2.24, 2.45) is 4.99 Å².